The van der Waals surface area contributed by atoms with Gasteiger partial charge < -0.3 is 9.47 Å². The van der Waals surface area contributed by atoms with Gasteiger partial charge in [0.15, 0.2) is 0 Å². The van der Waals surface area contributed by atoms with Crippen molar-refractivity contribution >= 4 is 33.7 Å². The third-order valence-electron chi connectivity index (χ3n) is 10.4. The van der Waals surface area contributed by atoms with E-state index in [1.165, 1.54) is 0 Å². The zero-order valence-corrected chi connectivity index (χ0v) is 33.5. The summed E-state index contributed by atoms with van der Waals surface area (Å²) in [5.74, 6) is -0.0485. The molecule has 0 aliphatic rings. The van der Waals surface area contributed by atoms with Crippen molar-refractivity contribution in [2.75, 3.05) is 0 Å². The number of hydrogen-bond donors (Lipinski definition) is 0. The van der Waals surface area contributed by atoms with Gasteiger partial charge in [0.05, 0.1) is 33.5 Å². The van der Waals surface area contributed by atoms with Crippen molar-refractivity contribution in [1.82, 2.24) is 9.97 Å². The van der Waals surface area contributed by atoms with Crippen LogP contribution >= 0.6 is 0 Å². The van der Waals surface area contributed by atoms with E-state index in [9.17, 15) is 9.59 Å². The van der Waals surface area contributed by atoms with Crippen LogP contribution in [0.2, 0.25) is 0 Å². The minimum Gasteiger partial charge on any atom is -0.423 e. The van der Waals surface area contributed by atoms with Crippen LogP contribution in [0.25, 0.3) is 55.4 Å². The predicted molar refractivity (Wildman–Crippen MR) is 234 cm³/mol. The summed E-state index contributed by atoms with van der Waals surface area (Å²) in [4.78, 5) is 38.1. The van der Waals surface area contributed by atoms with Crippen molar-refractivity contribution in [2.24, 2.45) is 0 Å². The normalized spacial score (nSPS) is 11.8. The van der Waals surface area contributed by atoms with E-state index in [1.54, 1.807) is 12.1 Å². The maximum absolute atomic E-state index is 14.1. The van der Waals surface area contributed by atoms with Gasteiger partial charge in [-0.05, 0) is 93.7 Å². The van der Waals surface area contributed by atoms with E-state index in [-0.39, 0.29) is 10.8 Å². The highest BCUT2D eigenvalue weighted by Gasteiger charge is 2.21. The van der Waals surface area contributed by atoms with Gasteiger partial charge >= 0.3 is 11.9 Å². The molecule has 0 aliphatic carbocycles. The summed E-state index contributed by atoms with van der Waals surface area (Å²) in [6.45, 7) is 12.9. The number of carbonyl (C=O) groups is 2. The number of ether oxygens (including phenoxy) is 2. The topological polar surface area (TPSA) is 78.4 Å². The lowest BCUT2D eigenvalue weighted by atomic mass is 9.87. The van der Waals surface area contributed by atoms with Crippen LogP contribution in [0, 0.1) is 0 Å². The van der Waals surface area contributed by atoms with Gasteiger partial charge in [0.1, 0.15) is 11.5 Å². The Morgan fingerprint density at radius 3 is 1.12 bits per heavy atom. The lowest BCUT2D eigenvalue weighted by Crippen LogP contribution is -2.12. The van der Waals surface area contributed by atoms with E-state index in [2.05, 4.69) is 41.5 Å². The number of carbonyl (C=O) groups excluding carboxylic acids is 2. The van der Waals surface area contributed by atoms with Crippen molar-refractivity contribution in [2.45, 2.75) is 52.4 Å². The Morgan fingerprint density at radius 2 is 0.776 bits per heavy atom. The average molecular weight is 761 g/mol. The Balaban J connectivity index is 1.21. The highest BCUT2D eigenvalue weighted by atomic mass is 16.5. The molecule has 286 valence electrons. The smallest absolute Gasteiger partial charge is 0.344 e. The van der Waals surface area contributed by atoms with Crippen molar-refractivity contribution < 1.29 is 19.1 Å². The zero-order chi connectivity index (χ0) is 40.6. The van der Waals surface area contributed by atoms with Crippen LogP contribution < -0.4 is 9.47 Å². The number of benzene rings is 6. The third-order valence-corrected chi connectivity index (χ3v) is 10.4. The number of rotatable bonds is 7. The molecule has 0 amide bonds. The largest absolute Gasteiger partial charge is 0.423 e. The second-order valence-corrected chi connectivity index (χ2v) is 16.6. The molecule has 2 aromatic heterocycles. The third kappa shape index (κ3) is 8.00. The number of pyridine rings is 2. The number of esters is 2. The number of aromatic nitrogens is 2. The molecule has 0 spiro atoms. The molecule has 2 heterocycles. The van der Waals surface area contributed by atoms with E-state index < -0.39 is 11.9 Å². The molecule has 0 aliphatic heterocycles. The van der Waals surface area contributed by atoms with E-state index in [4.69, 9.17) is 19.4 Å². The van der Waals surface area contributed by atoms with Crippen LogP contribution in [0.5, 0.6) is 11.5 Å². The zero-order valence-electron chi connectivity index (χ0n) is 33.5. The predicted octanol–water partition coefficient (Wildman–Crippen LogP) is 12.8. The molecule has 0 radical (unpaired) electrons. The first-order chi connectivity index (χ1) is 27.8. The van der Waals surface area contributed by atoms with Crippen molar-refractivity contribution in [3.63, 3.8) is 0 Å². The monoisotopic (exact) mass is 760 g/mol. The fraction of sp³-hybridized carbons (Fsp3) is 0.154. The quantitative estimate of drug-likeness (QED) is 0.119. The van der Waals surface area contributed by atoms with Crippen molar-refractivity contribution in [3.8, 4) is 45.1 Å². The highest BCUT2D eigenvalue weighted by Crippen LogP contribution is 2.34. The van der Waals surface area contributed by atoms with Crippen LogP contribution in [0.1, 0.15) is 73.4 Å². The van der Waals surface area contributed by atoms with Gasteiger partial charge in [-0.2, -0.15) is 0 Å². The van der Waals surface area contributed by atoms with Crippen molar-refractivity contribution in [3.05, 3.63) is 180 Å². The van der Waals surface area contributed by atoms with Crippen molar-refractivity contribution in [1.29, 1.82) is 0 Å². The molecule has 0 atom stereocenters. The minimum atomic E-state index is -0.484. The summed E-state index contributed by atoms with van der Waals surface area (Å²) in [6, 6.07) is 50.2. The summed E-state index contributed by atoms with van der Waals surface area (Å²) in [5.41, 5.74) is 9.07. The average Bonchev–Trinajstić information content (AvgIpc) is 3.22. The van der Waals surface area contributed by atoms with Crippen LogP contribution in [0.15, 0.2) is 158 Å². The lowest BCUT2D eigenvalue weighted by Gasteiger charge is -2.19. The minimum absolute atomic E-state index is 0.0344. The summed E-state index contributed by atoms with van der Waals surface area (Å²) in [5, 5.41) is 1.29. The molecule has 6 nitrogen and oxygen atoms in total. The Labute approximate surface area is 339 Å². The van der Waals surface area contributed by atoms with E-state index in [0.717, 1.165) is 33.4 Å². The van der Waals surface area contributed by atoms with E-state index in [0.29, 0.717) is 55.8 Å². The maximum atomic E-state index is 14.1. The molecule has 0 saturated heterocycles. The molecule has 0 N–H and O–H groups in total. The molecular weight excluding hydrogens is 717 g/mol. The van der Waals surface area contributed by atoms with Gasteiger partial charge in [-0.25, -0.2) is 19.6 Å². The Morgan fingerprint density at radius 1 is 0.414 bits per heavy atom. The van der Waals surface area contributed by atoms with E-state index in [1.807, 2.05) is 146 Å². The van der Waals surface area contributed by atoms with Crippen LogP contribution in [-0.4, -0.2) is 21.9 Å². The van der Waals surface area contributed by atoms with Crippen LogP contribution in [-0.2, 0) is 10.8 Å². The Hall–Kier alpha value is -6.92. The van der Waals surface area contributed by atoms with Crippen LogP contribution in [0.3, 0.4) is 0 Å². The van der Waals surface area contributed by atoms with Crippen LogP contribution in [0.4, 0.5) is 0 Å². The summed E-state index contributed by atoms with van der Waals surface area (Å²) >= 11 is 0. The fourth-order valence-electron chi connectivity index (χ4n) is 7.03. The maximum Gasteiger partial charge on any atom is 0.344 e. The molecule has 6 heteroatoms. The van der Waals surface area contributed by atoms with Gasteiger partial charge in [-0.1, -0.05) is 139 Å². The first-order valence-electron chi connectivity index (χ1n) is 19.5. The summed E-state index contributed by atoms with van der Waals surface area (Å²) < 4.78 is 12.0. The molecule has 0 unspecified atom stereocenters. The van der Waals surface area contributed by atoms with Gasteiger partial charge in [-0.15, -0.1) is 0 Å². The first kappa shape index (κ1) is 38.0. The molecule has 6 aromatic carbocycles. The number of nitrogens with zero attached hydrogens (tertiary/aromatic N) is 2. The number of hydrogen-bond acceptors (Lipinski definition) is 6. The molecule has 8 rings (SSSR count). The standard InChI is InChI=1S/C52H44N2O4/c1-51(2,3)37-19-23-39(24-20-37)57-49(55)43-31-47(33-13-9-7-10-14-33)53-45-27-17-35(29-41(43)45)36-18-28-46-42(30-36)44(32-48(54-46)34-15-11-8-12-16-34)50(56)58-40-25-21-38(22-26-40)52(4,5)6/h7-32H,1-6H3. The second kappa shape index (κ2) is 15.2. The first-order valence-corrected chi connectivity index (χ1v) is 19.5. The molecule has 58 heavy (non-hydrogen) atoms. The Bertz CT molecular complexity index is 2600. The summed E-state index contributed by atoms with van der Waals surface area (Å²) in [6.07, 6.45) is 0. The second-order valence-electron chi connectivity index (χ2n) is 16.6. The fourth-order valence-corrected chi connectivity index (χ4v) is 7.03. The van der Waals surface area contributed by atoms with Gasteiger partial charge in [0.2, 0.25) is 0 Å². The SMILES string of the molecule is CC(C)(C)c1ccc(OC(=O)c2cc(-c3ccccc3)nc3ccc(-c4ccc5nc(-c6ccccc6)cc(C(=O)Oc6ccc(C(C)(C)C)cc6)c5c4)cc23)cc1. The molecule has 0 saturated carbocycles. The summed E-state index contributed by atoms with van der Waals surface area (Å²) in [7, 11) is 0. The number of fused-ring (bicyclic) bond motifs is 2. The lowest BCUT2D eigenvalue weighted by molar-refractivity contribution is 0.0727. The van der Waals surface area contributed by atoms with E-state index >= 15 is 0 Å². The molecular formula is C52H44N2O4. The van der Waals surface area contributed by atoms with Gasteiger partial charge in [0, 0.05) is 21.9 Å². The Kier molecular flexibility index (Phi) is 9.95. The van der Waals surface area contributed by atoms with Gasteiger partial charge in [-0.3, -0.25) is 0 Å². The highest BCUT2D eigenvalue weighted by molar-refractivity contribution is 6.08. The molecule has 0 fully saturated rings. The van der Waals surface area contributed by atoms with Gasteiger partial charge in [0.25, 0.3) is 0 Å². The molecule has 0 bridgehead atoms. The molecule has 8 aromatic rings.